The molecule has 148 valence electrons. The van der Waals surface area contributed by atoms with Crippen LogP contribution in [0, 0.1) is 5.82 Å². The average molecular weight is 444 g/mol. The second-order valence-corrected chi connectivity index (χ2v) is 8.36. The van der Waals surface area contributed by atoms with Gasteiger partial charge in [0.15, 0.2) is 5.82 Å². The van der Waals surface area contributed by atoms with Crippen molar-refractivity contribution in [2.45, 2.75) is 11.3 Å². The molecule has 2 N–H and O–H groups in total. The number of aromatic nitrogens is 2. The van der Waals surface area contributed by atoms with Crippen LogP contribution in [0.3, 0.4) is 0 Å². The Morgan fingerprint density at radius 3 is 2.57 bits per heavy atom. The molecule has 3 rings (SSSR count). The number of ether oxygens (including phenoxy) is 2. The highest BCUT2D eigenvalue weighted by molar-refractivity contribution is 7.89. The van der Waals surface area contributed by atoms with Crippen LogP contribution in [0.15, 0.2) is 35.5 Å². The molecule has 28 heavy (non-hydrogen) atoms. The summed E-state index contributed by atoms with van der Waals surface area (Å²) in [7, 11) is -1.30. The number of sulfonamides is 1. The fraction of sp³-hybridized carbons (Fsp3) is 0.176. The summed E-state index contributed by atoms with van der Waals surface area (Å²) in [6.07, 6.45) is 1.47. The lowest BCUT2D eigenvalue weighted by atomic mass is 9.98. The normalized spacial score (nSPS) is 11.5. The van der Waals surface area contributed by atoms with E-state index in [0.29, 0.717) is 33.2 Å². The fourth-order valence-electron chi connectivity index (χ4n) is 2.69. The van der Waals surface area contributed by atoms with Crippen molar-refractivity contribution >= 4 is 33.2 Å². The van der Waals surface area contributed by atoms with E-state index in [9.17, 15) is 12.8 Å². The van der Waals surface area contributed by atoms with E-state index in [4.69, 9.17) is 26.2 Å². The lowest BCUT2D eigenvalue weighted by Gasteiger charge is -2.15. The maximum absolute atomic E-state index is 14.7. The Bertz CT molecular complexity index is 1120. The van der Waals surface area contributed by atoms with Crippen molar-refractivity contribution < 1.29 is 22.3 Å². The monoisotopic (exact) mass is 443 g/mol. The molecule has 0 fully saturated rings. The fourth-order valence-corrected chi connectivity index (χ4v) is 4.22. The molecule has 0 radical (unpaired) electrons. The summed E-state index contributed by atoms with van der Waals surface area (Å²) in [5, 5.41) is 5.17. The van der Waals surface area contributed by atoms with Gasteiger partial charge in [-0.3, -0.25) is 0 Å². The molecule has 2 aromatic carbocycles. The summed E-state index contributed by atoms with van der Waals surface area (Å²) >= 11 is 7.25. The summed E-state index contributed by atoms with van der Waals surface area (Å²) in [5.41, 5.74) is 1.36. The van der Waals surface area contributed by atoms with Crippen LogP contribution >= 0.6 is 23.1 Å². The second kappa shape index (κ2) is 8.00. The van der Waals surface area contributed by atoms with E-state index in [1.54, 1.807) is 18.2 Å². The zero-order valence-electron chi connectivity index (χ0n) is 14.8. The molecule has 11 heteroatoms. The standard InChI is InChI=1S/C17H15ClFN3O4S2/c1-25-10-4-3-9(13(6-10)26-2)5-11-12(17-21-8-22-27-17)7-14(28(20,23)24)16(19)15(11)18/h3-4,6-8H,5H2,1-2H3,(H2,20,23,24). The highest BCUT2D eigenvalue weighted by atomic mass is 35.5. The van der Waals surface area contributed by atoms with Crippen molar-refractivity contribution in [3.63, 3.8) is 0 Å². The molecule has 3 aromatic rings. The largest absolute Gasteiger partial charge is 0.497 e. The van der Waals surface area contributed by atoms with Crippen LogP contribution in [-0.4, -0.2) is 32.0 Å². The maximum Gasteiger partial charge on any atom is 0.241 e. The van der Waals surface area contributed by atoms with Gasteiger partial charge < -0.3 is 9.47 Å². The first-order valence-corrected chi connectivity index (χ1v) is 10.5. The maximum atomic E-state index is 14.7. The van der Waals surface area contributed by atoms with Gasteiger partial charge in [0.2, 0.25) is 10.0 Å². The molecule has 0 atom stereocenters. The van der Waals surface area contributed by atoms with Crippen LogP contribution in [0.2, 0.25) is 5.02 Å². The first kappa shape index (κ1) is 20.5. The lowest BCUT2D eigenvalue weighted by molar-refractivity contribution is 0.391. The number of hydrogen-bond donors (Lipinski definition) is 1. The molecule has 0 spiro atoms. The predicted molar refractivity (Wildman–Crippen MR) is 104 cm³/mol. The molecule has 7 nitrogen and oxygen atoms in total. The van der Waals surface area contributed by atoms with Gasteiger partial charge in [-0.25, -0.2) is 22.9 Å². The molecular formula is C17H15ClFN3O4S2. The summed E-state index contributed by atoms with van der Waals surface area (Å²) < 4.78 is 52.7. The van der Waals surface area contributed by atoms with Crippen molar-refractivity contribution in [1.29, 1.82) is 0 Å². The van der Waals surface area contributed by atoms with Gasteiger partial charge in [-0.1, -0.05) is 17.7 Å². The number of benzene rings is 2. The third-order valence-corrected chi connectivity index (χ3v) is 6.04. The molecule has 0 aliphatic rings. The Morgan fingerprint density at radius 2 is 2.00 bits per heavy atom. The molecule has 0 saturated carbocycles. The number of halogens is 2. The lowest BCUT2D eigenvalue weighted by Crippen LogP contribution is -2.15. The molecule has 1 heterocycles. The molecular weight excluding hydrogens is 429 g/mol. The van der Waals surface area contributed by atoms with Crippen LogP contribution < -0.4 is 14.6 Å². The Kier molecular flexibility index (Phi) is 5.84. The van der Waals surface area contributed by atoms with Crippen molar-refractivity contribution in [2.24, 2.45) is 5.14 Å². The quantitative estimate of drug-likeness (QED) is 0.627. The first-order chi connectivity index (χ1) is 13.3. The van der Waals surface area contributed by atoms with Gasteiger partial charge in [-0.2, -0.15) is 4.37 Å². The Labute approximate surface area is 170 Å². The van der Waals surface area contributed by atoms with E-state index in [0.717, 1.165) is 17.6 Å². The number of hydrogen-bond acceptors (Lipinski definition) is 7. The van der Waals surface area contributed by atoms with Gasteiger partial charge in [0.1, 0.15) is 27.7 Å². The van der Waals surface area contributed by atoms with E-state index >= 15 is 0 Å². The predicted octanol–water partition coefficient (Wildman–Crippen LogP) is 3.25. The zero-order valence-corrected chi connectivity index (χ0v) is 17.2. The van der Waals surface area contributed by atoms with E-state index < -0.39 is 20.7 Å². The van der Waals surface area contributed by atoms with E-state index in [1.165, 1.54) is 20.5 Å². The van der Waals surface area contributed by atoms with Gasteiger partial charge >= 0.3 is 0 Å². The number of nitrogens with zero attached hydrogens (tertiary/aromatic N) is 2. The van der Waals surface area contributed by atoms with E-state index in [-0.39, 0.29) is 11.4 Å². The Morgan fingerprint density at radius 1 is 1.25 bits per heavy atom. The van der Waals surface area contributed by atoms with Gasteiger partial charge in [-0.15, -0.1) is 0 Å². The molecule has 0 unspecified atom stereocenters. The minimum absolute atomic E-state index is 0.155. The van der Waals surface area contributed by atoms with Gasteiger partial charge in [0.05, 0.1) is 19.2 Å². The minimum atomic E-state index is -4.33. The molecule has 0 saturated heterocycles. The minimum Gasteiger partial charge on any atom is -0.497 e. The highest BCUT2D eigenvalue weighted by Gasteiger charge is 2.25. The van der Waals surface area contributed by atoms with E-state index in [2.05, 4.69) is 9.36 Å². The summed E-state index contributed by atoms with van der Waals surface area (Å²) in [5.74, 6) is -0.0127. The Hall–Kier alpha value is -2.27. The molecule has 1 aromatic heterocycles. The van der Waals surface area contributed by atoms with Crippen molar-refractivity contribution in [1.82, 2.24) is 9.36 Å². The molecule has 0 amide bonds. The SMILES string of the molecule is COc1ccc(Cc2c(-c3ncns3)cc(S(N)(=O)=O)c(F)c2Cl)c(OC)c1. The van der Waals surface area contributed by atoms with Crippen LogP contribution in [0.4, 0.5) is 4.39 Å². The third-order valence-electron chi connectivity index (χ3n) is 4.03. The summed E-state index contributed by atoms with van der Waals surface area (Å²) in [6, 6.07) is 6.29. The van der Waals surface area contributed by atoms with Crippen LogP contribution in [0.1, 0.15) is 11.1 Å². The molecule has 0 bridgehead atoms. The zero-order chi connectivity index (χ0) is 20.5. The van der Waals surface area contributed by atoms with Crippen molar-refractivity contribution in [3.05, 3.63) is 52.6 Å². The van der Waals surface area contributed by atoms with Crippen LogP contribution in [0.5, 0.6) is 11.5 Å². The number of rotatable bonds is 6. The Balaban J connectivity index is 2.22. The number of methoxy groups -OCH3 is 2. The first-order valence-electron chi connectivity index (χ1n) is 7.78. The molecule has 0 aliphatic heterocycles. The highest BCUT2D eigenvalue weighted by Crippen LogP contribution is 2.38. The van der Waals surface area contributed by atoms with Crippen molar-refractivity contribution in [2.75, 3.05) is 14.2 Å². The molecule has 0 aliphatic carbocycles. The van der Waals surface area contributed by atoms with Crippen molar-refractivity contribution in [3.8, 4) is 22.1 Å². The summed E-state index contributed by atoms with van der Waals surface area (Å²) in [6.45, 7) is 0. The second-order valence-electron chi connectivity index (χ2n) is 5.67. The average Bonchev–Trinajstić information content (AvgIpc) is 3.19. The van der Waals surface area contributed by atoms with Gasteiger partial charge in [0, 0.05) is 18.1 Å². The van der Waals surface area contributed by atoms with Crippen LogP contribution in [-0.2, 0) is 16.4 Å². The summed E-state index contributed by atoms with van der Waals surface area (Å²) in [4.78, 5) is 3.39. The van der Waals surface area contributed by atoms with Gasteiger partial charge in [-0.05, 0) is 34.8 Å². The smallest absolute Gasteiger partial charge is 0.241 e. The topological polar surface area (TPSA) is 104 Å². The number of primary sulfonamides is 1. The van der Waals surface area contributed by atoms with Gasteiger partial charge in [0.25, 0.3) is 0 Å². The van der Waals surface area contributed by atoms with Crippen LogP contribution in [0.25, 0.3) is 10.6 Å². The van der Waals surface area contributed by atoms with E-state index in [1.807, 2.05) is 0 Å². The third kappa shape index (κ3) is 3.95. The number of nitrogens with two attached hydrogens (primary N) is 1.